The molecule has 0 radical (unpaired) electrons. The van der Waals surface area contributed by atoms with Crippen molar-refractivity contribution in [3.63, 3.8) is 0 Å². The molecule has 2 nitrogen and oxygen atoms in total. The first-order valence-corrected chi connectivity index (χ1v) is 6.67. The van der Waals surface area contributed by atoms with Crippen molar-refractivity contribution < 1.29 is 9.18 Å². The summed E-state index contributed by atoms with van der Waals surface area (Å²) in [4.78, 5) is 11.8. The summed E-state index contributed by atoms with van der Waals surface area (Å²) in [6, 6.07) is 4.73. The molecule has 92 valence electrons. The molecule has 1 aliphatic carbocycles. The van der Waals surface area contributed by atoms with Gasteiger partial charge in [0, 0.05) is 10.5 Å². The monoisotopic (exact) mass is 299 g/mol. The Balaban J connectivity index is 1.96. The lowest BCUT2D eigenvalue weighted by atomic mass is 10.2. The molecule has 0 aliphatic heterocycles. The van der Waals surface area contributed by atoms with Gasteiger partial charge in [-0.15, -0.1) is 0 Å². The van der Waals surface area contributed by atoms with Crippen LogP contribution in [0.2, 0.25) is 0 Å². The van der Waals surface area contributed by atoms with E-state index in [0.717, 1.165) is 19.3 Å². The molecule has 1 aromatic rings. The maximum Gasteiger partial charge on any atom is 0.254 e. The van der Waals surface area contributed by atoms with Crippen LogP contribution in [-0.2, 0) is 0 Å². The number of rotatable bonds is 4. The average Bonchev–Trinajstić information content (AvgIpc) is 2.96. The topological polar surface area (TPSA) is 29.1 Å². The second-order valence-corrected chi connectivity index (χ2v) is 5.40. The van der Waals surface area contributed by atoms with Crippen molar-refractivity contribution in [2.75, 3.05) is 0 Å². The molecule has 17 heavy (non-hydrogen) atoms. The lowest BCUT2D eigenvalue weighted by Crippen LogP contribution is -2.27. The Hall–Kier alpha value is -0.900. The Kier molecular flexibility index (Phi) is 3.82. The highest BCUT2D eigenvalue weighted by Gasteiger charge is 2.37. The van der Waals surface area contributed by atoms with Gasteiger partial charge in [-0.1, -0.05) is 29.3 Å². The largest absolute Gasteiger partial charge is 0.349 e. The lowest BCUT2D eigenvalue weighted by Gasteiger charge is -2.05. The van der Waals surface area contributed by atoms with E-state index < -0.39 is 5.82 Å². The van der Waals surface area contributed by atoms with Crippen LogP contribution in [0.1, 0.15) is 36.5 Å². The number of nitrogens with one attached hydrogen (secondary N) is 1. The molecule has 0 saturated heterocycles. The zero-order valence-electron chi connectivity index (χ0n) is 9.67. The molecule has 1 N–H and O–H groups in total. The van der Waals surface area contributed by atoms with E-state index in [9.17, 15) is 9.18 Å². The molecule has 0 aromatic heterocycles. The van der Waals surface area contributed by atoms with Gasteiger partial charge in [0.05, 0.1) is 5.56 Å². The van der Waals surface area contributed by atoms with Gasteiger partial charge >= 0.3 is 0 Å². The molecule has 1 amide bonds. The molecule has 1 fully saturated rings. The van der Waals surface area contributed by atoms with E-state index in [2.05, 4.69) is 28.2 Å². The third-order valence-electron chi connectivity index (χ3n) is 3.07. The number of carbonyl (C=O) groups excluding carboxylic acids is 1. The number of halogens is 2. The quantitative estimate of drug-likeness (QED) is 0.906. The normalized spacial score (nSPS) is 22.3. The molecular weight excluding hydrogens is 285 g/mol. The first-order chi connectivity index (χ1) is 8.11. The van der Waals surface area contributed by atoms with Crippen LogP contribution >= 0.6 is 15.9 Å². The smallest absolute Gasteiger partial charge is 0.254 e. The predicted octanol–water partition coefficient (Wildman–Crippen LogP) is 3.51. The third kappa shape index (κ3) is 3.06. The summed E-state index contributed by atoms with van der Waals surface area (Å²) in [5, 5.41) is 2.87. The summed E-state index contributed by atoms with van der Waals surface area (Å²) < 4.78 is 14.2. The minimum atomic E-state index is -0.482. The zero-order chi connectivity index (χ0) is 12.4. The van der Waals surface area contributed by atoms with E-state index >= 15 is 0 Å². The number of amides is 1. The van der Waals surface area contributed by atoms with Crippen molar-refractivity contribution >= 4 is 21.8 Å². The van der Waals surface area contributed by atoms with E-state index in [-0.39, 0.29) is 17.5 Å². The van der Waals surface area contributed by atoms with Crippen molar-refractivity contribution in [3.05, 3.63) is 34.1 Å². The Bertz CT molecular complexity index is 435. The van der Waals surface area contributed by atoms with Gasteiger partial charge < -0.3 is 5.32 Å². The van der Waals surface area contributed by atoms with E-state index in [1.165, 1.54) is 12.1 Å². The molecule has 4 heteroatoms. The van der Waals surface area contributed by atoms with Crippen molar-refractivity contribution in [2.45, 2.75) is 32.2 Å². The molecule has 2 atom stereocenters. The molecular formula is C13H15BrFNO. The van der Waals surface area contributed by atoms with Crippen LogP contribution in [0, 0.1) is 11.7 Å². The first kappa shape index (κ1) is 12.6. The fraction of sp³-hybridized carbons (Fsp3) is 0.462. The van der Waals surface area contributed by atoms with E-state index in [4.69, 9.17) is 0 Å². The van der Waals surface area contributed by atoms with Crippen LogP contribution in [0.3, 0.4) is 0 Å². The summed E-state index contributed by atoms with van der Waals surface area (Å²) in [5.41, 5.74) is 0.121. The summed E-state index contributed by atoms with van der Waals surface area (Å²) in [7, 11) is 0. The Labute approximate surface area is 109 Å². The summed E-state index contributed by atoms with van der Waals surface area (Å²) in [6.07, 6.45) is 3.29. The Morgan fingerprint density at radius 2 is 2.35 bits per heavy atom. The second-order valence-electron chi connectivity index (χ2n) is 4.49. The summed E-state index contributed by atoms with van der Waals surface area (Å²) in [6.45, 7) is 2.13. The van der Waals surface area contributed by atoms with Gasteiger partial charge in [-0.25, -0.2) is 4.39 Å². The van der Waals surface area contributed by atoms with Gasteiger partial charge in [-0.2, -0.15) is 0 Å². The number of carbonyl (C=O) groups is 1. The van der Waals surface area contributed by atoms with E-state index in [1.807, 2.05) is 0 Å². The highest BCUT2D eigenvalue weighted by atomic mass is 79.9. The van der Waals surface area contributed by atoms with Crippen molar-refractivity contribution in [3.8, 4) is 0 Å². The number of benzene rings is 1. The van der Waals surface area contributed by atoms with Crippen molar-refractivity contribution in [1.29, 1.82) is 0 Å². The predicted molar refractivity (Wildman–Crippen MR) is 68.4 cm³/mol. The van der Waals surface area contributed by atoms with Gasteiger partial charge in [-0.3, -0.25) is 4.79 Å². The SMILES string of the molecule is CCCC1CC1NC(=O)c1ccc(Br)cc1F. The van der Waals surface area contributed by atoms with Crippen LogP contribution in [0.4, 0.5) is 4.39 Å². The number of hydrogen-bond acceptors (Lipinski definition) is 1. The molecule has 2 rings (SSSR count). The maximum atomic E-state index is 13.5. The van der Waals surface area contributed by atoms with Crippen LogP contribution < -0.4 is 5.32 Å². The lowest BCUT2D eigenvalue weighted by molar-refractivity contribution is 0.0945. The Morgan fingerprint density at radius 3 is 3.00 bits per heavy atom. The average molecular weight is 300 g/mol. The van der Waals surface area contributed by atoms with Crippen LogP contribution in [-0.4, -0.2) is 11.9 Å². The van der Waals surface area contributed by atoms with Crippen molar-refractivity contribution in [2.24, 2.45) is 5.92 Å². The molecule has 0 bridgehead atoms. The summed E-state index contributed by atoms with van der Waals surface area (Å²) >= 11 is 3.17. The minimum absolute atomic E-state index is 0.121. The van der Waals surface area contributed by atoms with Gasteiger partial charge in [0.2, 0.25) is 0 Å². The van der Waals surface area contributed by atoms with E-state index in [1.54, 1.807) is 6.07 Å². The molecule has 1 saturated carbocycles. The standard InChI is InChI=1S/C13H15BrFNO/c1-2-3-8-6-12(8)16-13(17)10-5-4-9(14)7-11(10)15/h4-5,7-8,12H,2-3,6H2,1H3,(H,16,17). The van der Waals surface area contributed by atoms with Gasteiger partial charge in [0.25, 0.3) is 5.91 Å². The first-order valence-electron chi connectivity index (χ1n) is 5.87. The minimum Gasteiger partial charge on any atom is -0.349 e. The second kappa shape index (κ2) is 5.17. The Morgan fingerprint density at radius 1 is 1.59 bits per heavy atom. The molecule has 0 heterocycles. The van der Waals surface area contributed by atoms with Gasteiger partial charge in [0.15, 0.2) is 0 Å². The van der Waals surface area contributed by atoms with Crippen LogP contribution in [0.15, 0.2) is 22.7 Å². The highest BCUT2D eigenvalue weighted by Crippen LogP contribution is 2.34. The van der Waals surface area contributed by atoms with Crippen LogP contribution in [0.25, 0.3) is 0 Å². The van der Waals surface area contributed by atoms with Gasteiger partial charge in [-0.05, 0) is 37.0 Å². The number of hydrogen-bond donors (Lipinski definition) is 1. The zero-order valence-corrected chi connectivity index (χ0v) is 11.3. The third-order valence-corrected chi connectivity index (χ3v) is 3.57. The molecule has 1 aliphatic rings. The van der Waals surface area contributed by atoms with Gasteiger partial charge in [0.1, 0.15) is 5.82 Å². The molecule has 1 aromatic carbocycles. The van der Waals surface area contributed by atoms with E-state index in [0.29, 0.717) is 10.4 Å². The fourth-order valence-corrected chi connectivity index (χ4v) is 2.37. The fourth-order valence-electron chi connectivity index (χ4n) is 2.03. The maximum absolute atomic E-state index is 13.5. The molecule has 0 spiro atoms. The van der Waals surface area contributed by atoms with Crippen LogP contribution in [0.5, 0.6) is 0 Å². The van der Waals surface area contributed by atoms with Crippen molar-refractivity contribution in [1.82, 2.24) is 5.32 Å². The molecule has 2 unspecified atom stereocenters. The summed E-state index contributed by atoms with van der Waals surface area (Å²) in [5.74, 6) is -0.203. The highest BCUT2D eigenvalue weighted by molar-refractivity contribution is 9.10.